The minimum absolute atomic E-state index is 0.0790. The van der Waals surface area contributed by atoms with Gasteiger partial charge in [0, 0.05) is 5.82 Å². The second-order valence-corrected chi connectivity index (χ2v) is 7.08. The number of esters is 1. The first kappa shape index (κ1) is 19.3. The van der Waals surface area contributed by atoms with Gasteiger partial charge >= 0.3 is 13.1 Å². The fourth-order valence-corrected chi connectivity index (χ4v) is 2.76. The van der Waals surface area contributed by atoms with Crippen LogP contribution in [0.5, 0.6) is 5.75 Å². The van der Waals surface area contributed by atoms with Crippen LogP contribution in [0.4, 0.5) is 0 Å². The van der Waals surface area contributed by atoms with Gasteiger partial charge in [-0.15, -0.1) is 0 Å². The lowest BCUT2D eigenvalue weighted by atomic mass is 9.66. The van der Waals surface area contributed by atoms with Gasteiger partial charge in [0.2, 0.25) is 0 Å². The molecule has 0 spiro atoms. The number of nitriles is 1. The molecular weight excluding hydrogens is 321 g/mol. The van der Waals surface area contributed by atoms with E-state index in [0.717, 1.165) is 5.56 Å². The second kappa shape index (κ2) is 7.07. The van der Waals surface area contributed by atoms with Gasteiger partial charge in [0.25, 0.3) is 0 Å². The van der Waals surface area contributed by atoms with Crippen LogP contribution in [-0.4, -0.2) is 38.5 Å². The zero-order chi connectivity index (χ0) is 18.8. The summed E-state index contributed by atoms with van der Waals surface area (Å²) in [6.07, 6.45) is 0.0790. The van der Waals surface area contributed by atoms with Crippen LogP contribution in [0.1, 0.15) is 51.1 Å². The first-order chi connectivity index (χ1) is 11.6. The van der Waals surface area contributed by atoms with Crippen molar-refractivity contribution in [1.82, 2.24) is 0 Å². The highest BCUT2D eigenvalue weighted by Crippen LogP contribution is 2.43. The molecule has 1 aromatic carbocycles. The minimum Gasteiger partial charge on any atom is -0.496 e. The van der Waals surface area contributed by atoms with Crippen LogP contribution in [0, 0.1) is 11.3 Å². The van der Waals surface area contributed by atoms with E-state index in [2.05, 4.69) is 6.07 Å². The van der Waals surface area contributed by atoms with Gasteiger partial charge < -0.3 is 18.8 Å². The Bertz CT molecular complexity index is 679. The maximum absolute atomic E-state index is 12.0. The molecule has 1 saturated heterocycles. The Morgan fingerprint density at radius 3 is 2.32 bits per heavy atom. The van der Waals surface area contributed by atoms with Gasteiger partial charge in [0.05, 0.1) is 43.5 Å². The summed E-state index contributed by atoms with van der Waals surface area (Å²) in [7, 11) is 2.24. The van der Waals surface area contributed by atoms with E-state index in [1.807, 2.05) is 27.7 Å². The first-order valence-electron chi connectivity index (χ1n) is 8.15. The van der Waals surface area contributed by atoms with Crippen molar-refractivity contribution in [3.8, 4) is 11.8 Å². The van der Waals surface area contributed by atoms with Gasteiger partial charge in [-0.1, -0.05) is 6.07 Å². The average molecular weight is 345 g/mol. The van der Waals surface area contributed by atoms with Gasteiger partial charge in [0.15, 0.2) is 0 Å². The summed E-state index contributed by atoms with van der Waals surface area (Å²) >= 11 is 0. The van der Waals surface area contributed by atoms with Gasteiger partial charge in [-0.25, -0.2) is 0 Å². The van der Waals surface area contributed by atoms with Gasteiger partial charge in [-0.05, 0) is 45.4 Å². The summed E-state index contributed by atoms with van der Waals surface area (Å²) < 4.78 is 22.5. The molecule has 2 rings (SSSR count). The lowest BCUT2D eigenvalue weighted by Crippen LogP contribution is -2.41. The molecule has 1 aliphatic heterocycles. The van der Waals surface area contributed by atoms with Crippen molar-refractivity contribution in [2.45, 2.75) is 51.1 Å². The normalized spacial score (nSPS) is 19.2. The Balaban J connectivity index is 2.45. The number of rotatable bonds is 5. The van der Waals surface area contributed by atoms with Crippen molar-refractivity contribution in [2.75, 3.05) is 14.2 Å². The molecule has 0 radical (unpaired) electrons. The lowest BCUT2D eigenvalue weighted by Gasteiger charge is -2.32. The number of nitrogens with zero attached hydrogens (tertiary/aromatic N) is 1. The third-order valence-corrected chi connectivity index (χ3v) is 4.98. The summed E-state index contributed by atoms with van der Waals surface area (Å²) in [6.45, 7) is 7.83. The maximum Gasteiger partial charge on any atom is 0.466 e. The monoisotopic (exact) mass is 345 g/mol. The number of carbonyl (C=O) groups is 1. The molecule has 1 aliphatic rings. The van der Waals surface area contributed by atoms with E-state index in [1.54, 1.807) is 18.2 Å². The number of carbonyl (C=O) groups excluding carboxylic acids is 1. The molecule has 6 nitrogen and oxygen atoms in total. The zero-order valence-electron chi connectivity index (χ0n) is 15.6. The minimum atomic E-state index is -0.633. The van der Waals surface area contributed by atoms with Gasteiger partial charge in [0.1, 0.15) is 5.75 Å². The number of hydrogen-bond donors (Lipinski definition) is 0. The van der Waals surface area contributed by atoms with Crippen molar-refractivity contribution in [2.24, 2.45) is 0 Å². The highest BCUT2D eigenvalue weighted by molar-refractivity contribution is 6.48. The molecule has 0 saturated carbocycles. The third kappa shape index (κ3) is 3.81. The standard InChI is InChI=1S/C18H24BNO5/c1-17(2)18(3,4)25-19(24-17)14(10-16(21)23-6)13-8-7-12(11-20)9-15(13)22-5/h7-9,14H,10H2,1-6H3. The fraction of sp³-hybridized carbons (Fsp3) is 0.556. The molecular formula is C18H24BNO5. The smallest absolute Gasteiger partial charge is 0.466 e. The summed E-state index contributed by atoms with van der Waals surface area (Å²) in [6, 6.07) is 7.19. The molecule has 1 fully saturated rings. The molecule has 1 heterocycles. The molecule has 0 amide bonds. The van der Waals surface area contributed by atoms with Crippen molar-refractivity contribution >= 4 is 13.1 Å². The molecule has 134 valence electrons. The Kier molecular flexibility index (Phi) is 5.45. The summed E-state index contributed by atoms with van der Waals surface area (Å²) in [5, 5.41) is 9.09. The molecule has 0 N–H and O–H groups in total. The van der Waals surface area contributed by atoms with Crippen LogP contribution < -0.4 is 4.74 Å². The molecule has 1 unspecified atom stereocenters. The number of methoxy groups -OCH3 is 2. The Labute approximate surface area is 149 Å². The lowest BCUT2D eigenvalue weighted by molar-refractivity contribution is -0.140. The van der Waals surface area contributed by atoms with Crippen LogP contribution in [0.2, 0.25) is 0 Å². The van der Waals surface area contributed by atoms with Gasteiger partial charge in [-0.3, -0.25) is 4.79 Å². The number of ether oxygens (including phenoxy) is 2. The zero-order valence-corrected chi connectivity index (χ0v) is 15.6. The van der Waals surface area contributed by atoms with Crippen molar-refractivity contribution in [3.63, 3.8) is 0 Å². The molecule has 0 aliphatic carbocycles. The van der Waals surface area contributed by atoms with Crippen LogP contribution in [0.25, 0.3) is 0 Å². The van der Waals surface area contributed by atoms with Crippen LogP contribution in [0.3, 0.4) is 0 Å². The highest BCUT2D eigenvalue weighted by Gasteiger charge is 2.54. The Morgan fingerprint density at radius 2 is 1.84 bits per heavy atom. The van der Waals surface area contributed by atoms with E-state index in [4.69, 9.17) is 24.0 Å². The molecule has 25 heavy (non-hydrogen) atoms. The predicted molar refractivity (Wildman–Crippen MR) is 93.2 cm³/mol. The van der Waals surface area contributed by atoms with Crippen LogP contribution in [0.15, 0.2) is 18.2 Å². The van der Waals surface area contributed by atoms with E-state index in [-0.39, 0.29) is 12.4 Å². The van der Waals surface area contributed by atoms with Crippen molar-refractivity contribution < 1.29 is 23.6 Å². The van der Waals surface area contributed by atoms with E-state index in [0.29, 0.717) is 11.3 Å². The van der Waals surface area contributed by atoms with Crippen LogP contribution >= 0.6 is 0 Å². The van der Waals surface area contributed by atoms with Crippen LogP contribution in [-0.2, 0) is 18.8 Å². The maximum atomic E-state index is 12.0. The fourth-order valence-electron chi connectivity index (χ4n) is 2.76. The topological polar surface area (TPSA) is 77.8 Å². The number of benzene rings is 1. The molecule has 1 atom stereocenters. The molecule has 1 aromatic rings. The largest absolute Gasteiger partial charge is 0.496 e. The quantitative estimate of drug-likeness (QED) is 0.603. The van der Waals surface area contributed by atoms with Gasteiger partial charge in [-0.2, -0.15) is 5.26 Å². The third-order valence-electron chi connectivity index (χ3n) is 4.98. The molecule has 0 aromatic heterocycles. The summed E-state index contributed by atoms with van der Waals surface area (Å²) in [4.78, 5) is 12.0. The number of hydrogen-bond acceptors (Lipinski definition) is 6. The summed E-state index contributed by atoms with van der Waals surface area (Å²) in [5.41, 5.74) is 0.175. The SMILES string of the molecule is COC(=O)CC(B1OC(C)(C)C(C)(C)O1)c1ccc(C#N)cc1OC. The average Bonchev–Trinajstić information content (AvgIpc) is 2.79. The van der Waals surface area contributed by atoms with Crippen molar-refractivity contribution in [3.05, 3.63) is 29.3 Å². The summed E-state index contributed by atoms with van der Waals surface area (Å²) in [5.74, 6) is -0.273. The Morgan fingerprint density at radius 1 is 1.24 bits per heavy atom. The van der Waals surface area contributed by atoms with Crippen molar-refractivity contribution in [1.29, 1.82) is 5.26 Å². The first-order valence-corrected chi connectivity index (χ1v) is 8.15. The van der Waals surface area contributed by atoms with E-state index in [9.17, 15) is 4.79 Å². The second-order valence-electron chi connectivity index (χ2n) is 7.08. The van der Waals surface area contributed by atoms with E-state index in [1.165, 1.54) is 14.2 Å². The highest BCUT2D eigenvalue weighted by atomic mass is 16.7. The van der Waals surface area contributed by atoms with E-state index < -0.39 is 24.1 Å². The molecule has 0 bridgehead atoms. The van der Waals surface area contributed by atoms with E-state index >= 15 is 0 Å². The molecule has 7 heteroatoms. The Hall–Kier alpha value is -2.04. The predicted octanol–water partition coefficient (Wildman–Crippen LogP) is 2.84.